The molecule has 0 bridgehead atoms. The van der Waals surface area contributed by atoms with Crippen LogP contribution in [0.15, 0.2) is 84.9 Å². The number of ketones is 2. The van der Waals surface area contributed by atoms with E-state index < -0.39 is 0 Å². The fraction of sp³-hybridized carbons (Fsp3) is 0.0667. The van der Waals surface area contributed by atoms with Gasteiger partial charge in [-0.15, -0.1) is 0 Å². The van der Waals surface area contributed by atoms with Gasteiger partial charge in [-0.3, -0.25) is 9.59 Å². The highest BCUT2D eigenvalue weighted by molar-refractivity contribution is 6.19. The Hall–Kier alpha value is -4.04. The molecule has 6 rings (SSSR count). The van der Waals surface area contributed by atoms with E-state index in [0.29, 0.717) is 11.1 Å². The van der Waals surface area contributed by atoms with Crippen molar-refractivity contribution >= 4 is 22.7 Å². The molecule has 4 aromatic rings. The van der Waals surface area contributed by atoms with Crippen LogP contribution in [0.1, 0.15) is 56.8 Å². The summed E-state index contributed by atoms with van der Waals surface area (Å²) in [5, 5.41) is 0. The van der Waals surface area contributed by atoms with Crippen LogP contribution >= 0.6 is 0 Å². The van der Waals surface area contributed by atoms with E-state index >= 15 is 0 Å². The molecule has 0 atom stereocenters. The molecule has 2 aliphatic carbocycles. The molecule has 2 nitrogen and oxygen atoms in total. The molecule has 0 amide bonds. The SMILES string of the molecule is CC(=O)c1ccc2c(c1)C(=C1c3ccccc3-c3ccc(C(C)=O)cc31)c1ccccc1-2. The predicted molar refractivity (Wildman–Crippen MR) is 129 cm³/mol. The fourth-order valence-electron chi connectivity index (χ4n) is 5.11. The van der Waals surface area contributed by atoms with Gasteiger partial charge in [0.15, 0.2) is 11.6 Å². The molecule has 4 aromatic carbocycles. The Morgan fingerprint density at radius 3 is 1.16 bits per heavy atom. The lowest BCUT2D eigenvalue weighted by atomic mass is 9.90. The highest BCUT2D eigenvalue weighted by atomic mass is 16.1. The molecule has 2 heteroatoms. The Balaban J connectivity index is 1.78. The van der Waals surface area contributed by atoms with Crippen LogP contribution in [-0.4, -0.2) is 11.6 Å². The summed E-state index contributed by atoms with van der Waals surface area (Å²) < 4.78 is 0. The number of carbonyl (C=O) groups is 2. The van der Waals surface area contributed by atoms with Gasteiger partial charge >= 0.3 is 0 Å². The smallest absolute Gasteiger partial charge is 0.159 e. The standard InChI is InChI=1S/C30H20O2/c1-17(31)19-11-13-23-21-7-3-5-9-25(21)29(27(23)15-19)30-26-10-6-4-8-22(26)24-14-12-20(18(2)32)16-28(24)30/h3-16H,1-2H3. The molecule has 0 spiro atoms. The van der Waals surface area contributed by atoms with Crippen LogP contribution in [-0.2, 0) is 0 Å². The second-order valence-electron chi connectivity index (χ2n) is 8.47. The Morgan fingerprint density at radius 1 is 0.438 bits per heavy atom. The number of hydrogen-bond acceptors (Lipinski definition) is 2. The average molecular weight is 412 g/mol. The molecule has 0 N–H and O–H groups in total. The Morgan fingerprint density at radius 2 is 0.781 bits per heavy atom. The van der Waals surface area contributed by atoms with Gasteiger partial charge in [-0.2, -0.15) is 0 Å². The van der Waals surface area contributed by atoms with E-state index in [1.165, 1.54) is 11.1 Å². The lowest BCUT2D eigenvalue weighted by molar-refractivity contribution is 0.100. The summed E-state index contributed by atoms with van der Waals surface area (Å²) in [4.78, 5) is 24.4. The third-order valence-electron chi connectivity index (χ3n) is 6.61. The molecule has 152 valence electrons. The molecule has 32 heavy (non-hydrogen) atoms. The minimum Gasteiger partial charge on any atom is -0.295 e. The Kier molecular flexibility index (Phi) is 3.93. The Bertz CT molecular complexity index is 1400. The third kappa shape index (κ3) is 2.53. The van der Waals surface area contributed by atoms with Crippen molar-refractivity contribution in [3.8, 4) is 22.3 Å². The zero-order chi connectivity index (χ0) is 22.0. The van der Waals surface area contributed by atoms with Gasteiger partial charge in [-0.05, 0) is 81.6 Å². The first-order valence-electron chi connectivity index (χ1n) is 10.8. The summed E-state index contributed by atoms with van der Waals surface area (Å²) in [5.41, 5.74) is 12.8. The van der Waals surface area contributed by atoms with E-state index in [4.69, 9.17) is 0 Å². The maximum absolute atomic E-state index is 12.2. The highest BCUT2D eigenvalue weighted by Crippen LogP contribution is 2.54. The van der Waals surface area contributed by atoms with Crippen LogP contribution in [0.3, 0.4) is 0 Å². The van der Waals surface area contributed by atoms with Gasteiger partial charge in [0.1, 0.15) is 0 Å². The van der Waals surface area contributed by atoms with Crippen LogP contribution < -0.4 is 0 Å². The van der Waals surface area contributed by atoms with Gasteiger partial charge in [0.2, 0.25) is 0 Å². The van der Waals surface area contributed by atoms with E-state index in [2.05, 4.69) is 60.7 Å². The second-order valence-corrected chi connectivity index (χ2v) is 8.47. The molecule has 0 aliphatic heterocycles. The van der Waals surface area contributed by atoms with Gasteiger partial charge in [0, 0.05) is 11.1 Å². The lowest BCUT2D eigenvalue weighted by Gasteiger charge is -2.12. The minimum atomic E-state index is 0.0548. The van der Waals surface area contributed by atoms with Gasteiger partial charge < -0.3 is 0 Å². The monoisotopic (exact) mass is 412 g/mol. The maximum Gasteiger partial charge on any atom is 0.159 e. The normalized spacial score (nSPS) is 15.1. The summed E-state index contributed by atoms with van der Waals surface area (Å²) in [6.07, 6.45) is 0. The summed E-state index contributed by atoms with van der Waals surface area (Å²) in [6, 6.07) is 28.8. The van der Waals surface area contributed by atoms with Gasteiger partial charge in [-0.25, -0.2) is 0 Å². The molecular weight excluding hydrogens is 392 g/mol. The number of carbonyl (C=O) groups excluding carboxylic acids is 2. The number of Topliss-reactive ketones (excluding diaryl/α,β-unsaturated/α-hetero) is 2. The minimum absolute atomic E-state index is 0.0548. The summed E-state index contributed by atoms with van der Waals surface area (Å²) in [5.74, 6) is 0.110. The number of hydrogen-bond donors (Lipinski definition) is 0. The van der Waals surface area contributed by atoms with Crippen molar-refractivity contribution in [3.05, 3.63) is 118 Å². The van der Waals surface area contributed by atoms with E-state index in [1.807, 2.05) is 24.3 Å². The van der Waals surface area contributed by atoms with Crippen LogP contribution in [0.5, 0.6) is 0 Å². The van der Waals surface area contributed by atoms with Crippen molar-refractivity contribution in [1.82, 2.24) is 0 Å². The van der Waals surface area contributed by atoms with Gasteiger partial charge in [0.25, 0.3) is 0 Å². The van der Waals surface area contributed by atoms with Gasteiger partial charge in [0.05, 0.1) is 0 Å². The zero-order valence-electron chi connectivity index (χ0n) is 17.9. The van der Waals surface area contributed by atoms with Crippen LogP contribution in [0.2, 0.25) is 0 Å². The highest BCUT2D eigenvalue weighted by Gasteiger charge is 2.32. The number of fused-ring (bicyclic) bond motifs is 6. The largest absolute Gasteiger partial charge is 0.295 e. The quantitative estimate of drug-likeness (QED) is 0.285. The molecule has 0 unspecified atom stereocenters. The second kappa shape index (κ2) is 6.73. The maximum atomic E-state index is 12.2. The molecule has 0 radical (unpaired) electrons. The van der Waals surface area contributed by atoms with Crippen molar-refractivity contribution in [3.63, 3.8) is 0 Å². The van der Waals surface area contributed by atoms with Crippen molar-refractivity contribution in [1.29, 1.82) is 0 Å². The van der Waals surface area contributed by atoms with Crippen LogP contribution in [0.4, 0.5) is 0 Å². The topological polar surface area (TPSA) is 34.1 Å². The molecule has 2 aliphatic rings. The first-order valence-corrected chi connectivity index (χ1v) is 10.8. The average Bonchev–Trinajstić information content (AvgIpc) is 3.30. The summed E-state index contributed by atoms with van der Waals surface area (Å²) >= 11 is 0. The van der Waals surface area contributed by atoms with Crippen molar-refractivity contribution in [2.45, 2.75) is 13.8 Å². The molecule has 0 aromatic heterocycles. The first-order chi connectivity index (χ1) is 15.5. The first kappa shape index (κ1) is 18.7. The lowest BCUT2D eigenvalue weighted by Crippen LogP contribution is -1.96. The molecule has 0 heterocycles. The van der Waals surface area contributed by atoms with Crippen LogP contribution in [0.25, 0.3) is 33.4 Å². The Labute approximate surface area is 186 Å². The van der Waals surface area contributed by atoms with E-state index in [-0.39, 0.29) is 11.6 Å². The molecule has 0 saturated carbocycles. The zero-order valence-corrected chi connectivity index (χ0v) is 17.9. The van der Waals surface area contributed by atoms with Gasteiger partial charge in [-0.1, -0.05) is 72.8 Å². The number of benzene rings is 4. The van der Waals surface area contributed by atoms with Crippen molar-refractivity contribution < 1.29 is 9.59 Å². The summed E-state index contributed by atoms with van der Waals surface area (Å²) in [6.45, 7) is 3.21. The van der Waals surface area contributed by atoms with Crippen molar-refractivity contribution in [2.75, 3.05) is 0 Å². The third-order valence-corrected chi connectivity index (χ3v) is 6.61. The summed E-state index contributed by atoms with van der Waals surface area (Å²) in [7, 11) is 0. The number of rotatable bonds is 2. The van der Waals surface area contributed by atoms with Crippen LogP contribution in [0, 0.1) is 0 Å². The fourth-order valence-corrected chi connectivity index (χ4v) is 5.11. The molecular formula is C30H20O2. The van der Waals surface area contributed by atoms with E-state index in [9.17, 15) is 9.59 Å². The van der Waals surface area contributed by atoms with Crippen molar-refractivity contribution in [2.24, 2.45) is 0 Å². The van der Waals surface area contributed by atoms with E-state index in [1.54, 1.807) is 13.8 Å². The van der Waals surface area contributed by atoms with E-state index in [0.717, 1.165) is 44.5 Å². The molecule has 0 saturated heterocycles. The molecule has 0 fully saturated rings. The predicted octanol–water partition coefficient (Wildman–Crippen LogP) is 7.06.